The Kier molecular flexibility index (Phi) is 7.42. The molecule has 0 radical (unpaired) electrons. The maximum absolute atomic E-state index is 14.3. The average molecular weight is 574 g/mol. The van der Waals surface area contributed by atoms with Crippen LogP contribution in [0.15, 0.2) is 18.2 Å². The van der Waals surface area contributed by atoms with Crippen molar-refractivity contribution in [3.63, 3.8) is 0 Å². The van der Waals surface area contributed by atoms with Crippen molar-refractivity contribution in [3.05, 3.63) is 18.2 Å². The van der Waals surface area contributed by atoms with Crippen LogP contribution < -0.4 is 25.8 Å². The van der Waals surface area contributed by atoms with Gasteiger partial charge in [-0.15, -0.1) is 0 Å². The third-order valence-corrected chi connectivity index (χ3v) is 11.2. The zero-order valence-electron chi connectivity index (χ0n) is 21.4. The SMILES string of the molecule is O=C(Nc1ccc2c(c1)OCCN2C1CCOCC1)[C@@H]1CCN1S(=O)(=O)C1CC(C(F)F)CC2C(F)NNC21. The van der Waals surface area contributed by atoms with Crippen LogP contribution in [0.2, 0.25) is 0 Å². The number of carbonyl (C=O) groups is 1. The average Bonchev–Trinajstić information content (AvgIpc) is 3.27. The summed E-state index contributed by atoms with van der Waals surface area (Å²) in [5, 5.41) is 1.55. The third-order valence-electron chi connectivity index (χ3n) is 8.83. The monoisotopic (exact) mass is 573 g/mol. The minimum absolute atomic E-state index is 0.105. The Morgan fingerprint density at radius 3 is 2.59 bits per heavy atom. The van der Waals surface area contributed by atoms with Gasteiger partial charge in [0.1, 0.15) is 18.4 Å². The smallest absolute Gasteiger partial charge is 0.242 e. The molecular formula is C25H34F3N5O5S. The van der Waals surface area contributed by atoms with Crippen LogP contribution in [0.5, 0.6) is 5.75 Å². The molecule has 10 nitrogen and oxygen atoms in total. The summed E-state index contributed by atoms with van der Waals surface area (Å²) in [6.07, 6.45) is -2.59. The van der Waals surface area contributed by atoms with E-state index in [0.29, 0.717) is 30.5 Å². The first kappa shape index (κ1) is 27.1. The summed E-state index contributed by atoms with van der Waals surface area (Å²) in [4.78, 5) is 15.5. The lowest BCUT2D eigenvalue weighted by Gasteiger charge is -2.44. The fourth-order valence-corrected chi connectivity index (χ4v) is 9.03. The number of nitrogens with zero attached hydrogens (tertiary/aromatic N) is 2. The van der Waals surface area contributed by atoms with Gasteiger partial charge in [0.05, 0.1) is 17.5 Å². The van der Waals surface area contributed by atoms with E-state index in [9.17, 15) is 26.4 Å². The van der Waals surface area contributed by atoms with Crippen molar-refractivity contribution in [3.8, 4) is 5.75 Å². The first-order chi connectivity index (χ1) is 18.7. The first-order valence-electron chi connectivity index (χ1n) is 13.6. The van der Waals surface area contributed by atoms with Crippen molar-refractivity contribution in [2.45, 2.75) is 68.2 Å². The summed E-state index contributed by atoms with van der Waals surface area (Å²) in [7, 11) is -4.16. The minimum atomic E-state index is -4.16. The number of hydrazine groups is 1. The number of hydrogen-bond acceptors (Lipinski definition) is 8. The molecule has 5 unspecified atom stereocenters. The van der Waals surface area contributed by atoms with Gasteiger partial charge in [0.25, 0.3) is 0 Å². The van der Waals surface area contributed by atoms with Gasteiger partial charge >= 0.3 is 0 Å². The van der Waals surface area contributed by atoms with Crippen molar-refractivity contribution in [1.82, 2.24) is 15.2 Å². The van der Waals surface area contributed by atoms with Crippen molar-refractivity contribution in [2.75, 3.05) is 43.1 Å². The van der Waals surface area contributed by atoms with Crippen LogP contribution in [0.25, 0.3) is 0 Å². The quantitative estimate of drug-likeness (QED) is 0.442. The topological polar surface area (TPSA) is 112 Å². The summed E-state index contributed by atoms with van der Waals surface area (Å²) >= 11 is 0. The molecule has 4 aliphatic heterocycles. The molecule has 1 amide bonds. The van der Waals surface area contributed by atoms with Gasteiger partial charge in [-0.1, -0.05) is 0 Å². The molecule has 0 aromatic heterocycles. The van der Waals surface area contributed by atoms with E-state index in [4.69, 9.17) is 9.47 Å². The number of alkyl halides is 3. The van der Waals surface area contributed by atoms with Gasteiger partial charge in [0.2, 0.25) is 22.4 Å². The molecule has 6 rings (SSSR count). The van der Waals surface area contributed by atoms with Gasteiger partial charge in [-0.3, -0.25) is 10.2 Å². The normalized spacial score (nSPS) is 33.7. The number of ether oxygens (including phenoxy) is 2. The summed E-state index contributed by atoms with van der Waals surface area (Å²) < 4.78 is 81.2. The molecule has 3 saturated heterocycles. The largest absolute Gasteiger partial charge is 0.489 e. The Hall–Kier alpha value is -2.13. The number of carbonyl (C=O) groups excluding carboxylic acids is 1. The second-order valence-electron chi connectivity index (χ2n) is 11.0. The van der Waals surface area contributed by atoms with Gasteiger partial charge in [0.15, 0.2) is 6.30 Å². The molecule has 0 bridgehead atoms. The fraction of sp³-hybridized carbons (Fsp3) is 0.720. The van der Waals surface area contributed by atoms with E-state index in [1.165, 1.54) is 0 Å². The predicted molar refractivity (Wildman–Crippen MR) is 137 cm³/mol. The third kappa shape index (κ3) is 4.98. The number of fused-ring (bicyclic) bond motifs is 2. The van der Waals surface area contributed by atoms with E-state index in [1.807, 2.05) is 6.07 Å². The molecule has 216 valence electrons. The predicted octanol–water partition coefficient (Wildman–Crippen LogP) is 1.84. The number of anilines is 2. The molecule has 1 aromatic rings. The van der Waals surface area contributed by atoms with Crippen LogP contribution in [0.1, 0.15) is 32.1 Å². The number of nitrogens with one attached hydrogen (secondary N) is 3. The first-order valence-corrected chi connectivity index (χ1v) is 15.1. The number of hydrogen-bond donors (Lipinski definition) is 3. The van der Waals surface area contributed by atoms with Crippen molar-refractivity contribution in [1.29, 1.82) is 0 Å². The molecule has 1 aromatic carbocycles. The maximum Gasteiger partial charge on any atom is 0.242 e. The lowest BCUT2D eigenvalue weighted by atomic mass is 9.78. The number of sulfonamides is 1. The standard InChI is InChI=1S/C25H34F3N5O5S/c26-23(27)14-11-17-22(30-31-24(17)28)21(12-14)39(35,36)33-6-3-19(33)25(34)29-15-1-2-18-20(13-15)38-10-7-32(18)16-4-8-37-9-5-16/h1-2,13-14,16-17,19,21-24,30-31H,3-12H2,(H,29,34)/t14?,17?,19-,21?,22?,24?/m0/s1. The minimum Gasteiger partial charge on any atom is -0.489 e. The van der Waals surface area contributed by atoms with E-state index in [-0.39, 0.29) is 19.4 Å². The molecule has 1 saturated carbocycles. The number of rotatable bonds is 6. The van der Waals surface area contributed by atoms with E-state index in [1.54, 1.807) is 12.1 Å². The molecule has 1 aliphatic carbocycles. The van der Waals surface area contributed by atoms with E-state index < -0.39 is 57.8 Å². The van der Waals surface area contributed by atoms with Crippen LogP contribution in [-0.2, 0) is 19.6 Å². The summed E-state index contributed by atoms with van der Waals surface area (Å²) in [5.74, 6) is -1.96. The molecule has 5 aliphatic rings. The molecule has 39 heavy (non-hydrogen) atoms. The highest BCUT2D eigenvalue weighted by atomic mass is 32.2. The second kappa shape index (κ2) is 10.7. The number of amides is 1. The van der Waals surface area contributed by atoms with Gasteiger partial charge in [-0.25, -0.2) is 27.0 Å². The van der Waals surface area contributed by atoms with Gasteiger partial charge in [0, 0.05) is 55.4 Å². The highest BCUT2D eigenvalue weighted by Gasteiger charge is 2.55. The number of benzene rings is 1. The molecule has 3 N–H and O–H groups in total. The van der Waals surface area contributed by atoms with Crippen LogP contribution in [0, 0.1) is 11.8 Å². The second-order valence-corrected chi connectivity index (χ2v) is 13.1. The molecular weight excluding hydrogens is 539 g/mol. The van der Waals surface area contributed by atoms with Gasteiger partial charge in [-0.2, -0.15) is 4.31 Å². The summed E-state index contributed by atoms with van der Waals surface area (Å²) in [5.41, 5.74) is 6.46. The zero-order chi connectivity index (χ0) is 27.3. The molecule has 4 fully saturated rings. The highest BCUT2D eigenvalue weighted by Crippen LogP contribution is 2.42. The van der Waals surface area contributed by atoms with E-state index >= 15 is 0 Å². The van der Waals surface area contributed by atoms with Gasteiger partial charge in [-0.05, 0) is 44.2 Å². The van der Waals surface area contributed by atoms with Crippen LogP contribution in [0.3, 0.4) is 0 Å². The lowest BCUT2D eigenvalue weighted by Crippen LogP contribution is -2.62. The molecule has 4 heterocycles. The zero-order valence-corrected chi connectivity index (χ0v) is 22.2. The van der Waals surface area contributed by atoms with Crippen LogP contribution >= 0.6 is 0 Å². The summed E-state index contributed by atoms with van der Waals surface area (Å²) in [6.45, 7) is 2.83. The van der Waals surface area contributed by atoms with E-state index in [0.717, 1.165) is 42.6 Å². The maximum atomic E-state index is 14.3. The molecule has 0 spiro atoms. The van der Waals surface area contributed by atoms with Gasteiger partial charge < -0.3 is 19.7 Å². The highest BCUT2D eigenvalue weighted by molar-refractivity contribution is 7.89. The van der Waals surface area contributed by atoms with Crippen LogP contribution in [0.4, 0.5) is 24.5 Å². The Balaban J connectivity index is 1.15. The lowest BCUT2D eigenvalue weighted by molar-refractivity contribution is -0.122. The van der Waals surface area contributed by atoms with Crippen molar-refractivity contribution in [2.24, 2.45) is 11.8 Å². The fourth-order valence-electron chi connectivity index (χ4n) is 6.63. The van der Waals surface area contributed by atoms with E-state index in [2.05, 4.69) is 21.1 Å². The number of halogens is 3. The molecule has 14 heteroatoms. The Morgan fingerprint density at radius 2 is 1.87 bits per heavy atom. The Morgan fingerprint density at radius 1 is 1.08 bits per heavy atom. The Labute approximate surface area is 225 Å². The van der Waals surface area contributed by atoms with Crippen LogP contribution in [-0.4, -0.2) is 87.6 Å². The van der Waals surface area contributed by atoms with Crippen molar-refractivity contribution >= 4 is 27.3 Å². The van der Waals surface area contributed by atoms with Crippen molar-refractivity contribution < 1.29 is 35.9 Å². The Bertz CT molecular complexity index is 1190. The summed E-state index contributed by atoms with van der Waals surface area (Å²) in [6, 6.07) is 3.95. The molecule has 6 atom stereocenters.